The first-order chi connectivity index (χ1) is 9.10. The van der Waals surface area contributed by atoms with E-state index in [0.717, 1.165) is 28.3 Å². The van der Waals surface area contributed by atoms with E-state index in [1.54, 1.807) is 0 Å². The van der Waals surface area contributed by atoms with Crippen LogP contribution in [0, 0.1) is 0 Å². The highest BCUT2D eigenvalue weighted by molar-refractivity contribution is 9.10. The minimum atomic E-state index is 0.199. The Balaban J connectivity index is 0.000000982. The van der Waals surface area contributed by atoms with Crippen LogP contribution in [0.3, 0.4) is 0 Å². The van der Waals surface area contributed by atoms with Crippen molar-refractivity contribution in [2.45, 2.75) is 40.2 Å². The Morgan fingerprint density at radius 3 is 2.53 bits per heavy atom. The summed E-state index contributed by atoms with van der Waals surface area (Å²) in [6, 6.07) is 5.73. The van der Waals surface area contributed by atoms with Crippen LogP contribution in [0.1, 0.15) is 49.5 Å². The Morgan fingerprint density at radius 2 is 2.00 bits per heavy atom. The van der Waals surface area contributed by atoms with E-state index in [1.807, 2.05) is 32.0 Å². The Labute approximate surface area is 123 Å². The highest BCUT2D eigenvalue weighted by atomic mass is 79.9. The maximum Gasteiger partial charge on any atom is 0.163 e. The zero-order valence-corrected chi connectivity index (χ0v) is 13.3. The van der Waals surface area contributed by atoms with Gasteiger partial charge in [0.05, 0.1) is 6.61 Å². The summed E-state index contributed by atoms with van der Waals surface area (Å²) in [6.07, 6.45) is 2.23. The van der Waals surface area contributed by atoms with Crippen molar-refractivity contribution >= 4 is 28.0 Å². The average molecular weight is 329 g/mol. The molecule has 1 aromatic rings. The lowest BCUT2D eigenvalue weighted by Crippen LogP contribution is -2.05. The van der Waals surface area contributed by atoms with Crippen molar-refractivity contribution < 1.29 is 14.3 Å². The second-order valence-corrected chi connectivity index (χ2v) is 4.76. The third-order valence-electron chi connectivity index (χ3n) is 2.31. The standard InChI is InChI=1S/C13H17BrO2.C2H4O/c1-3-5-13(15)12-7-6-11(14)8-10(12)9-16-4-2;1-2-3/h6-8H,3-5,9H2,1-2H3;2H,1H3. The SMILES string of the molecule is CC=O.CCCC(=O)c1ccc(Br)cc1COCC. The highest BCUT2D eigenvalue weighted by Gasteiger charge is 2.10. The number of hydrogen-bond donors (Lipinski definition) is 0. The lowest BCUT2D eigenvalue weighted by molar-refractivity contribution is -0.106. The average Bonchev–Trinajstić information content (AvgIpc) is 2.37. The molecule has 3 nitrogen and oxygen atoms in total. The largest absolute Gasteiger partial charge is 0.377 e. The summed E-state index contributed by atoms with van der Waals surface area (Å²) in [6.45, 7) is 6.57. The van der Waals surface area contributed by atoms with Crippen LogP contribution in [0.5, 0.6) is 0 Å². The van der Waals surface area contributed by atoms with Crippen molar-refractivity contribution in [2.75, 3.05) is 6.61 Å². The van der Waals surface area contributed by atoms with Crippen molar-refractivity contribution in [2.24, 2.45) is 0 Å². The molecule has 0 N–H and O–H groups in total. The second kappa shape index (κ2) is 10.9. The molecule has 0 saturated heterocycles. The summed E-state index contributed by atoms with van der Waals surface area (Å²) in [4.78, 5) is 20.7. The van der Waals surface area contributed by atoms with Crippen LogP contribution in [-0.2, 0) is 16.1 Å². The molecule has 19 heavy (non-hydrogen) atoms. The monoisotopic (exact) mass is 328 g/mol. The summed E-state index contributed by atoms with van der Waals surface area (Å²) in [7, 11) is 0. The van der Waals surface area contributed by atoms with Crippen LogP contribution >= 0.6 is 15.9 Å². The summed E-state index contributed by atoms with van der Waals surface area (Å²) < 4.78 is 6.35. The van der Waals surface area contributed by atoms with E-state index in [1.165, 1.54) is 6.92 Å². The number of ether oxygens (including phenoxy) is 1. The van der Waals surface area contributed by atoms with Gasteiger partial charge in [0, 0.05) is 23.1 Å². The number of Topliss-reactive ketones (excluding diaryl/α,β-unsaturated/α-hetero) is 1. The van der Waals surface area contributed by atoms with Crippen LogP contribution in [0.25, 0.3) is 0 Å². The molecule has 0 aliphatic heterocycles. The maximum atomic E-state index is 11.9. The second-order valence-electron chi connectivity index (χ2n) is 3.85. The van der Waals surface area contributed by atoms with Crippen molar-refractivity contribution in [1.82, 2.24) is 0 Å². The van der Waals surface area contributed by atoms with Crippen LogP contribution in [0.2, 0.25) is 0 Å². The molecular weight excluding hydrogens is 308 g/mol. The summed E-state index contributed by atoms with van der Waals surface area (Å²) in [5.74, 6) is 0.199. The van der Waals surface area contributed by atoms with E-state index >= 15 is 0 Å². The minimum Gasteiger partial charge on any atom is -0.377 e. The summed E-state index contributed by atoms with van der Waals surface area (Å²) >= 11 is 3.41. The Morgan fingerprint density at radius 1 is 1.37 bits per heavy atom. The van der Waals surface area contributed by atoms with E-state index in [4.69, 9.17) is 9.53 Å². The number of carbonyl (C=O) groups is 2. The molecule has 0 atom stereocenters. The minimum absolute atomic E-state index is 0.199. The van der Waals surface area contributed by atoms with E-state index < -0.39 is 0 Å². The number of benzene rings is 1. The van der Waals surface area contributed by atoms with E-state index in [0.29, 0.717) is 19.6 Å². The summed E-state index contributed by atoms with van der Waals surface area (Å²) in [5.41, 5.74) is 1.76. The third-order valence-corrected chi connectivity index (χ3v) is 2.80. The summed E-state index contributed by atoms with van der Waals surface area (Å²) in [5, 5.41) is 0. The molecule has 0 heterocycles. The molecule has 0 unspecified atom stereocenters. The highest BCUT2D eigenvalue weighted by Crippen LogP contribution is 2.19. The number of aldehydes is 1. The van der Waals surface area contributed by atoms with Gasteiger partial charge in [0.15, 0.2) is 5.78 Å². The molecule has 0 aliphatic rings. The number of rotatable bonds is 6. The fraction of sp³-hybridized carbons (Fsp3) is 0.467. The number of halogens is 1. The molecular formula is C15H21BrO3. The van der Waals surface area contributed by atoms with Gasteiger partial charge in [-0.2, -0.15) is 0 Å². The van der Waals surface area contributed by atoms with Crippen molar-refractivity contribution in [1.29, 1.82) is 0 Å². The third kappa shape index (κ3) is 7.23. The molecule has 0 saturated carbocycles. The van der Waals surface area contributed by atoms with Crippen LogP contribution in [0.4, 0.5) is 0 Å². The van der Waals surface area contributed by atoms with Crippen LogP contribution < -0.4 is 0 Å². The Bertz CT molecular complexity index is 402. The van der Waals surface area contributed by atoms with Crippen LogP contribution in [-0.4, -0.2) is 18.7 Å². The first-order valence-electron chi connectivity index (χ1n) is 6.39. The van der Waals surface area contributed by atoms with Gasteiger partial charge in [0.25, 0.3) is 0 Å². The molecule has 0 bridgehead atoms. The molecule has 0 radical (unpaired) electrons. The predicted molar refractivity (Wildman–Crippen MR) is 80.4 cm³/mol. The van der Waals surface area contributed by atoms with Gasteiger partial charge < -0.3 is 9.53 Å². The van der Waals surface area contributed by atoms with Gasteiger partial charge in [-0.15, -0.1) is 0 Å². The van der Waals surface area contributed by atoms with Gasteiger partial charge in [-0.1, -0.05) is 22.9 Å². The molecule has 0 aromatic heterocycles. The van der Waals surface area contributed by atoms with E-state index in [9.17, 15) is 4.79 Å². The van der Waals surface area contributed by atoms with Gasteiger partial charge in [0.1, 0.15) is 6.29 Å². The molecule has 0 fully saturated rings. The Hall–Kier alpha value is -1.00. The van der Waals surface area contributed by atoms with Crippen LogP contribution in [0.15, 0.2) is 22.7 Å². The molecule has 4 heteroatoms. The zero-order valence-electron chi connectivity index (χ0n) is 11.7. The van der Waals surface area contributed by atoms with Gasteiger partial charge in [-0.3, -0.25) is 4.79 Å². The number of ketones is 1. The molecule has 0 amide bonds. The number of carbonyl (C=O) groups excluding carboxylic acids is 2. The Kier molecular flexibility index (Phi) is 10.3. The van der Waals surface area contributed by atoms with Gasteiger partial charge >= 0.3 is 0 Å². The lowest BCUT2D eigenvalue weighted by Gasteiger charge is -2.09. The molecule has 1 rings (SSSR count). The van der Waals surface area contributed by atoms with E-state index in [-0.39, 0.29) is 5.78 Å². The quantitative estimate of drug-likeness (QED) is 0.581. The smallest absolute Gasteiger partial charge is 0.163 e. The van der Waals surface area contributed by atoms with Gasteiger partial charge in [-0.05, 0) is 44.0 Å². The topological polar surface area (TPSA) is 43.4 Å². The fourth-order valence-electron chi connectivity index (χ4n) is 1.53. The molecule has 106 valence electrons. The normalized spacial score (nSPS) is 9.47. The first kappa shape index (κ1) is 18.0. The lowest BCUT2D eigenvalue weighted by atomic mass is 10.0. The molecule has 1 aromatic carbocycles. The van der Waals surface area contributed by atoms with Gasteiger partial charge in [0.2, 0.25) is 0 Å². The van der Waals surface area contributed by atoms with Crippen molar-refractivity contribution in [3.05, 3.63) is 33.8 Å². The van der Waals surface area contributed by atoms with Gasteiger partial charge in [-0.25, -0.2) is 0 Å². The van der Waals surface area contributed by atoms with E-state index in [2.05, 4.69) is 15.9 Å². The predicted octanol–water partition coefficient (Wildman–Crippen LogP) is 4.17. The fourth-order valence-corrected chi connectivity index (χ4v) is 1.94. The first-order valence-corrected chi connectivity index (χ1v) is 7.19. The zero-order chi connectivity index (χ0) is 14.7. The maximum absolute atomic E-state index is 11.9. The van der Waals surface area contributed by atoms with Crippen molar-refractivity contribution in [3.8, 4) is 0 Å². The van der Waals surface area contributed by atoms with Crippen molar-refractivity contribution in [3.63, 3.8) is 0 Å². The molecule has 0 spiro atoms. The molecule has 0 aliphatic carbocycles. The number of hydrogen-bond acceptors (Lipinski definition) is 3.